The first-order chi connectivity index (χ1) is 4.14. The van der Waals surface area contributed by atoms with Gasteiger partial charge in [0.2, 0.25) is 0 Å². The predicted molar refractivity (Wildman–Crippen MR) is 37.2 cm³/mol. The summed E-state index contributed by atoms with van der Waals surface area (Å²) in [6, 6.07) is 0. The molecule has 0 spiro atoms. The van der Waals surface area contributed by atoms with Crippen LogP contribution in [0.15, 0.2) is 0 Å². The maximum Gasteiger partial charge on any atom is 0.0705 e. The summed E-state index contributed by atoms with van der Waals surface area (Å²) in [6.07, 6.45) is 2.60. The minimum Gasteiger partial charge on any atom is -0.371 e. The highest BCUT2D eigenvalue weighted by atomic mass is 16.5. The van der Waals surface area contributed by atoms with Crippen molar-refractivity contribution in [2.45, 2.75) is 38.4 Å². The molecule has 1 heterocycles. The van der Waals surface area contributed by atoms with Crippen LogP contribution in [0.3, 0.4) is 0 Å². The molecule has 1 aliphatic heterocycles. The highest BCUT2D eigenvalue weighted by molar-refractivity contribution is 4.80. The molecule has 0 aliphatic carbocycles. The normalized spacial score (nSPS) is 33.0. The van der Waals surface area contributed by atoms with Crippen LogP contribution in [0.1, 0.15) is 26.7 Å². The SMILES string of the molecule is CC1(C)CC[C@H](CN)O1. The summed E-state index contributed by atoms with van der Waals surface area (Å²) in [6.45, 7) is 4.90. The van der Waals surface area contributed by atoms with Gasteiger partial charge in [-0.25, -0.2) is 0 Å². The van der Waals surface area contributed by atoms with Crippen molar-refractivity contribution in [3.05, 3.63) is 0 Å². The van der Waals surface area contributed by atoms with Gasteiger partial charge in [-0.3, -0.25) is 0 Å². The molecule has 1 fully saturated rings. The third kappa shape index (κ3) is 1.66. The Kier molecular flexibility index (Phi) is 1.78. The van der Waals surface area contributed by atoms with Gasteiger partial charge in [0.05, 0.1) is 11.7 Å². The van der Waals surface area contributed by atoms with Crippen LogP contribution in [0.4, 0.5) is 0 Å². The average molecular weight is 129 g/mol. The smallest absolute Gasteiger partial charge is 0.0705 e. The minimum absolute atomic E-state index is 0.0873. The Morgan fingerprint density at radius 1 is 1.67 bits per heavy atom. The van der Waals surface area contributed by atoms with E-state index in [0.717, 1.165) is 12.8 Å². The van der Waals surface area contributed by atoms with E-state index in [1.54, 1.807) is 0 Å². The summed E-state index contributed by atoms with van der Waals surface area (Å²) < 4.78 is 5.57. The first-order valence-corrected chi connectivity index (χ1v) is 3.52. The van der Waals surface area contributed by atoms with Crippen molar-refractivity contribution in [3.63, 3.8) is 0 Å². The molecule has 2 heteroatoms. The molecule has 54 valence electrons. The van der Waals surface area contributed by atoms with Crippen LogP contribution >= 0.6 is 0 Å². The standard InChI is InChI=1S/C7H15NO/c1-7(2)4-3-6(5-8)9-7/h6H,3-5,8H2,1-2H3/t6-/m1/s1. The molecule has 0 aromatic heterocycles. The van der Waals surface area contributed by atoms with Crippen LogP contribution in [-0.4, -0.2) is 18.2 Å². The van der Waals surface area contributed by atoms with E-state index in [9.17, 15) is 0 Å². The Bertz CT molecular complexity index is 101. The first kappa shape index (κ1) is 7.03. The highest BCUT2D eigenvalue weighted by Gasteiger charge is 2.30. The molecule has 2 N–H and O–H groups in total. The van der Waals surface area contributed by atoms with Gasteiger partial charge in [-0.1, -0.05) is 0 Å². The van der Waals surface area contributed by atoms with Crippen LogP contribution in [0.5, 0.6) is 0 Å². The van der Waals surface area contributed by atoms with Crippen molar-refractivity contribution in [2.24, 2.45) is 5.73 Å². The molecule has 0 amide bonds. The first-order valence-electron chi connectivity index (χ1n) is 3.52. The van der Waals surface area contributed by atoms with E-state index in [1.807, 2.05) is 0 Å². The lowest BCUT2D eigenvalue weighted by molar-refractivity contribution is -0.0108. The molecule has 9 heavy (non-hydrogen) atoms. The number of ether oxygens (including phenoxy) is 1. The quantitative estimate of drug-likeness (QED) is 0.571. The van der Waals surface area contributed by atoms with E-state index in [-0.39, 0.29) is 5.60 Å². The van der Waals surface area contributed by atoms with Gasteiger partial charge in [-0.2, -0.15) is 0 Å². The zero-order valence-corrected chi connectivity index (χ0v) is 6.18. The van der Waals surface area contributed by atoms with Gasteiger partial charge in [-0.05, 0) is 26.7 Å². The van der Waals surface area contributed by atoms with E-state index >= 15 is 0 Å². The van der Waals surface area contributed by atoms with Crippen molar-refractivity contribution < 1.29 is 4.74 Å². The summed E-state index contributed by atoms with van der Waals surface area (Å²) in [7, 11) is 0. The predicted octanol–water partition coefficient (Wildman–Crippen LogP) is 0.903. The van der Waals surface area contributed by atoms with Crippen molar-refractivity contribution in [2.75, 3.05) is 6.54 Å². The van der Waals surface area contributed by atoms with Gasteiger partial charge < -0.3 is 10.5 Å². The molecule has 1 aliphatic rings. The zero-order valence-electron chi connectivity index (χ0n) is 6.18. The molecule has 0 aromatic carbocycles. The summed E-state index contributed by atoms with van der Waals surface area (Å²) >= 11 is 0. The second-order valence-corrected chi connectivity index (χ2v) is 3.27. The topological polar surface area (TPSA) is 35.2 Å². The molecule has 1 saturated heterocycles. The maximum absolute atomic E-state index is 5.57. The fourth-order valence-electron chi connectivity index (χ4n) is 1.24. The monoisotopic (exact) mass is 129 g/mol. The largest absolute Gasteiger partial charge is 0.371 e. The van der Waals surface area contributed by atoms with Crippen LogP contribution in [0.25, 0.3) is 0 Å². The Balaban J connectivity index is 2.38. The van der Waals surface area contributed by atoms with Crippen LogP contribution in [-0.2, 0) is 4.74 Å². The van der Waals surface area contributed by atoms with Gasteiger partial charge in [0.1, 0.15) is 0 Å². The summed E-state index contributed by atoms with van der Waals surface area (Å²) in [5.74, 6) is 0. The summed E-state index contributed by atoms with van der Waals surface area (Å²) in [5.41, 5.74) is 5.52. The van der Waals surface area contributed by atoms with Gasteiger partial charge in [-0.15, -0.1) is 0 Å². The molecule has 0 aromatic rings. The molecular formula is C7H15NO. The number of hydrogen-bond acceptors (Lipinski definition) is 2. The second kappa shape index (κ2) is 2.27. The molecular weight excluding hydrogens is 114 g/mol. The number of nitrogens with two attached hydrogens (primary N) is 1. The van der Waals surface area contributed by atoms with E-state index in [1.165, 1.54) is 0 Å². The number of hydrogen-bond donors (Lipinski definition) is 1. The van der Waals surface area contributed by atoms with Gasteiger partial charge in [0, 0.05) is 6.54 Å². The summed E-state index contributed by atoms with van der Waals surface area (Å²) in [4.78, 5) is 0. The van der Waals surface area contributed by atoms with E-state index < -0.39 is 0 Å². The lowest BCUT2D eigenvalue weighted by Gasteiger charge is -2.17. The van der Waals surface area contributed by atoms with E-state index in [4.69, 9.17) is 10.5 Å². The molecule has 0 bridgehead atoms. The fourth-order valence-corrected chi connectivity index (χ4v) is 1.24. The Labute approximate surface area is 56.4 Å². The molecule has 1 atom stereocenters. The highest BCUT2D eigenvalue weighted by Crippen LogP contribution is 2.28. The number of rotatable bonds is 1. The van der Waals surface area contributed by atoms with Crippen molar-refractivity contribution >= 4 is 0 Å². The van der Waals surface area contributed by atoms with Crippen LogP contribution < -0.4 is 5.73 Å². The molecule has 1 rings (SSSR count). The van der Waals surface area contributed by atoms with Gasteiger partial charge in [0.15, 0.2) is 0 Å². The lowest BCUT2D eigenvalue weighted by Crippen LogP contribution is -2.24. The fraction of sp³-hybridized carbons (Fsp3) is 1.00. The van der Waals surface area contributed by atoms with E-state index in [2.05, 4.69) is 13.8 Å². The Morgan fingerprint density at radius 3 is 2.56 bits per heavy atom. The lowest BCUT2D eigenvalue weighted by atomic mass is 10.1. The minimum atomic E-state index is 0.0873. The molecule has 0 unspecified atom stereocenters. The van der Waals surface area contributed by atoms with E-state index in [0.29, 0.717) is 12.6 Å². The third-order valence-electron chi connectivity index (χ3n) is 1.82. The molecule has 0 saturated carbocycles. The van der Waals surface area contributed by atoms with Crippen LogP contribution in [0, 0.1) is 0 Å². The maximum atomic E-state index is 5.57. The zero-order chi connectivity index (χ0) is 6.91. The van der Waals surface area contributed by atoms with Crippen molar-refractivity contribution in [1.29, 1.82) is 0 Å². The molecule has 2 nitrogen and oxygen atoms in total. The van der Waals surface area contributed by atoms with Crippen molar-refractivity contribution in [1.82, 2.24) is 0 Å². The van der Waals surface area contributed by atoms with Crippen molar-refractivity contribution in [3.8, 4) is 0 Å². The average Bonchev–Trinajstić information content (AvgIpc) is 2.10. The van der Waals surface area contributed by atoms with Crippen LogP contribution in [0.2, 0.25) is 0 Å². The summed E-state index contributed by atoms with van der Waals surface area (Å²) in [5, 5.41) is 0. The second-order valence-electron chi connectivity index (χ2n) is 3.27. The Hall–Kier alpha value is -0.0800. The van der Waals surface area contributed by atoms with Gasteiger partial charge in [0.25, 0.3) is 0 Å². The Morgan fingerprint density at radius 2 is 2.33 bits per heavy atom. The molecule has 0 radical (unpaired) electrons. The van der Waals surface area contributed by atoms with Gasteiger partial charge >= 0.3 is 0 Å². The third-order valence-corrected chi connectivity index (χ3v) is 1.82.